The Labute approximate surface area is 169 Å². The van der Waals surface area contributed by atoms with Gasteiger partial charge in [0.25, 0.3) is 5.91 Å². The average Bonchev–Trinajstić information content (AvgIpc) is 2.75. The number of halogens is 1. The molecule has 0 atom stereocenters. The maximum atomic E-state index is 13.9. The number of nitrogens with zero attached hydrogens (tertiary/aromatic N) is 2. The number of rotatable bonds is 8. The molecule has 0 aliphatic rings. The first-order chi connectivity index (χ1) is 14.1. The molecule has 0 spiro atoms. The normalized spacial score (nSPS) is 10.4. The molecule has 1 heterocycles. The number of carbonyl (C=O) groups excluding carboxylic acids is 1. The second-order valence-electron chi connectivity index (χ2n) is 6.50. The van der Waals surface area contributed by atoms with Gasteiger partial charge in [0.1, 0.15) is 12.4 Å². The van der Waals surface area contributed by atoms with Crippen LogP contribution in [0.25, 0.3) is 0 Å². The molecule has 0 aliphatic carbocycles. The van der Waals surface area contributed by atoms with Crippen molar-refractivity contribution >= 4 is 5.91 Å². The number of ether oxygens (including phenoxy) is 2. The molecule has 1 aromatic heterocycles. The predicted molar refractivity (Wildman–Crippen MR) is 108 cm³/mol. The van der Waals surface area contributed by atoms with Crippen LogP contribution >= 0.6 is 0 Å². The Balaban J connectivity index is 1.74. The highest BCUT2D eigenvalue weighted by atomic mass is 19.1. The second-order valence-corrected chi connectivity index (χ2v) is 6.50. The summed E-state index contributed by atoms with van der Waals surface area (Å²) in [7, 11) is 1.64. The first-order valence-corrected chi connectivity index (χ1v) is 9.36. The molecule has 0 unspecified atom stereocenters. The topological polar surface area (TPSA) is 51.7 Å². The molecule has 5 nitrogen and oxygen atoms in total. The highest BCUT2D eigenvalue weighted by Gasteiger charge is 2.17. The van der Waals surface area contributed by atoms with Gasteiger partial charge in [-0.25, -0.2) is 4.39 Å². The van der Waals surface area contributed by atoms with Gasteiger partial charge in [0.2, 0.25) is 0 Å². The zero-order valence-electron chi connectivity index (χ0n) is 16.5. The SMILES string of the molecule is CCOc1cc(C(=O)N(C)Cc2ccccc2F)ccc1OCc1cccnc1. The van der Waals surface area contributed by atoms with Crippen molar-refractivity contribution in [1.82, 2.24) is 9.88 Å². The van der Waals surface area contributed by atoms with Crippen LogP contribution in [-0.2, 0) is 13.2 Å². The molecule has 0 saturated heterocycles. The first kappa shape index (κ1) is 20.3. The van der Waals surface area contributed by atoms with Gasteiger partial charge in [-0.15, -0.1) is 0 Å². The molecule has 0 fully saturated rings. The Morgan fingerprint density at radius 1 is 1.07 bits per heavy atom. The van der Waals surface area contributed by atoms with Crippen molar-refractivity contribution in [3.63, 3.8) is 0 Å². The minimum atomic E-state index is -0.332. The van der Waals surface area contributed by atoms with Crippen LogP contribution in [0.4, 0.5) is 4.39 Å². The van der Waals surface area contributed by atoms with E-state index < -0.39 is 0 Å². The number of amides is 1. The van der Waals surface area contributed by atoms with E-state index in [0.717, 1.165) is 5.56 Å². The van der Waals surface area contributed by atoms with E-state index in [4.69, 9.17) is 9.47 Å². The van der Waals surface area contributed by atoms with Crippen LogP contribution in [0.2, 0.25) is 0 Å². The van der Waals surface area contributed by atoms with Crippen LogP contribution in [0.1, 0.15) is 28.4 Å². The largest absolute Gasteiger partial charge is 0.490 e. The average molecular weight is 394 g/mol. The van der Waals surface area contributed by atoms with Gasteiger partial charge in [-0.3, -0.25) is 9.78 Å². The van der Waals surface area contributed by atoms with Crippen LogP contribution in [0.5, 0.6) is 11.5 Å². The summed E-state index contributed by atoms with van der Waals surface area (Å²) in [5.41, 5.74) is 1.84. The lowest BCUT2D eigenvalue weighted by Gasteiger charge is -2.19. The molecule has 1 amide bonds. The third kappa shape index (κ3) is 5.31. The van der Waals surface area contributed by atoms with Gasteiger partial charge in [-0.2, -0.15) is 0 Å². The van der Waals surface area contributed by atoms with Gasteiger partial charge < -0.3 is 14.4 Å². The Morgan fingerprint density at radius 2 is 1.90 bits per heavy atom. The quantitative estimate of drug-likeness (QED) is 0.566. The summed E-state index contributed by atoms with van der Waals surface area (Å²) < 4.78 is 25.4. The molecule has 3 aromatic rings. The number of hydrogen-bond donors (Lipinski definition) is 0. The van der Waals surface area contributed by atoms with E-state index in [1.807, 2.05) is 19.1 Å². The molecule has 0 saturated carbocycles. The minimum Gasteiger partial charge on any atom is -0.490 e. The molecule has 0 aliphatic heterocycles. The fraction of sp³-hybridized carbons (Fsp3) is 0.217. The van der Waals surface area contributed by atoms with E-state index in [1.54, 1.807) is 55.8 Å². The highest BCUT2D eigenvalue weighted by molar-refractivity contribution is 5.94. The van der Waals surface area contributed by atoms with Crippen LogP contribution < -0.4 is 9.47 Å². The number of carbonyl (C=O) groups is 1. The summed E-state index contributed by atoms with van der Waals surface area (Å²) in [5.74, 6) is 0.472. The molecular formula is C23H23FN2O3. The molecule has 0 N–H and O–H groups in total. The Hall–Kier alpha value is -3.41. The summed E-state index contributed by atoms with van der Waals surface area (Å²) >= 11 is 0. The van der Waals surface area contributed by atoms with Gasteiger partial charge in [0.15, 0.2) is 11.5 Å². The van der Waals surface area contributed by atoms with Crippen molar-refractivity contribution < 1.29 is 18.7 Å². The van der Waals surface area contributed by atoms with Crippen molar-refractivity contribution in [2.24, 2.45) is 0 Å². The van der Waals surface area contributed by atoms with Crippen LogP contribution in [-0.4, -0.2) is 29.4 Å². The van der Waals surface area contributed by atoms with Crippen molar-refractivity contribution in [2.75, 3.05) is 13.7 Å². The molecule has 0 bridgehead atoms. The van der Waals surface area contributed by atoms with E-state index in [9.17, 15) is 9.18 Å². The summed E-state index contributed by atoms with van der Waals surface area (Å²) in [6.45, 7) is 2.82. The Kier molecular flexibility index (Phi) is 6.79. The summed E-state index contributed by atoms with van der Waals surface area (Å²) in [4.78, 5) is 18.3. The molecule has 0 radical (unpaired) electrons. The maximum absolute atomic E-state index is 13.9. The van der Waals surface area contributed by atoms with Gasteiger partial charge in [0.05, 0.1) is 6.61 Å². The van der Waals surface area contributed by atoms with Crippen molar-refractivity contribution in [3.8, 4) is 11.5 Å². The lowest BCUT2D eigenvalue weighted by atomic mass is 10.1. The second kappa shape index (κ2) is 9.68. The Morgan fingerprint density at radius 3 is 2.62 bits per heavy atom. The number of aromatic nitrogens is 1. The fourth-order valence-electron chi connectivity index (χ4n) is 2.85. The number of hydrogen-bond acceptors (Lipinski definition) is 4. The van der Waals surface area contributed by atoms with Crippen LogP contribution in [0, 0.1) is 5.82 Å². The Bertz CT molecular complexity index is 963. The summed E-state index contributed by atoms with van der Waals surface area (Å²) in [5, 5.41) is 0. The van der Waals surface area contributed by atoms with E-state index >= 15 is 0 Å². The van der Waals surface area contributed by atoms with Gasteiger partial charge >= 0.3 is 0 Å². The van der Waals surface area contributed by atoms with Crippen molar-refractivity contribution in [1.29, 1.82) is 0 Å². The molecule has 150 valence electrons. The maximum Gasteiger partial charge on any atom is 0.254 e. The van der Waals surface area contributed by atoms with Crippen molar-refractivity contribution in [2.45, 2.75) is 20.1 Å². The zero-order chi connectivity index (χ0) is 20.6. The lowest BCUT2D eigenvalue weighted by Crippen LogP contribution is -2.26. The van der Waals surface area contributed by atoms with E-state index in [-0.39, 0.29) is 18.3 Å². The van der Waals surface area contributed by atoms with Crippen LogP contribution in [0.15, 0.2) is 67.0 Å². The summed E-state index contributed by atoms with van der Waals surface area (Å²) in [6.07, 6.45) is 3.43. The highest BCUT2D eigenvalue weighted by Crippen LogP contribution is 2.30. The molecule has 29 heavy (non-hydrogen) atoms. The van der Waals surface area contributed by atoms with Gasteiger partial charge in [-0.1, -0.05) is 24.3 Å². The van der Waals surface area contributed by atoms with Crippen LogP contribution in [0.3, 0.4) is 0 Å². The monoisotopic (exact) mass is 394 g/mol. The van der Waals surface area contributed by atoms with Crippen molar-refractivity contribution in [3.05, 3.63) is 89.5 Å². The molecule has 3 rings (SSSR count). The number of benzene rings is 2. The lowest BCUT2D eigenvalue weighted by molar-refractivity contribution is 0.0783. The van der Waals surface area contributed by atoms with Gasteiger partial charge in [0, 0.05) is 42.7 Å². The third-order valence-corrected chi connectivity index (χ3v) is 4.32. The summed E-state index contributed by atoms with van der Waals surface area (Å²) in [6, 6.07) is 15.2. The van der Waals surface area contributed by atoms with E-state index in [1.165, 1.54) is 11.0 Å². The first-order valence-electron chi connectivity index (χ1n) is 9.36. The third-order valence-electron chi connectivity index (χ3n) is 4.32. The molecule has 6 heteroatoms. The standard InChI is InChI=1S/C23H23FN2O3/c1-3-28-22-13-18(10-11-21(22)29-16-17-7-6-12-25-14-17)23(27)26(2)15-19-8-4-5-9-20(19)24/h4-14H,3,15-16H2,1-2H3. The van der Waals surface area contributed by atoms with Gasteiger partial charge in [-0.05, 0) is 37.3 Å². The predicted octanol–water partition coefficient (Wildman–Crippen LogP) is 4.47. The molecule has 2 aromatic carbocycles. The smallest absolute Gasteiger partial charge is 0.254 e. The van der Waals surface area contributed by atoms with E-state index in [2.05, 4.69) is 4.98 Å². The fourth-order valence-corrected chi connectivity index (χ4v) is 2.85. The minimum absolute atomic E-state index is 0.175. The molecular weight excluding hydrogens is 371 g/mol. The number of pyridine rings is 1. The zero-order valence-corrected chi connectivity index (χ0v) is 16.5. The van der Waals surface area contributed by atoms with E-state index in [0.29, 0.717) is 35.8 Å².